The first-order valence-corrected chi connectivity index (χ1v) is 12.2. The highest BCUT2D eigenvalue weighted by molar-refractivity contribution is 5.98. The van der Waals surface area contributed by atoms with Crippen LogP contribution < -0.4 is 31.2 Å². The van der Waals surface area contributed by atoms with E-state index in [0.717, 1.165) is 6.07 Å². The average Bonchev–Trinajstić information content (AvgIpc) is 2.86. The van der Waals surface area contributed by atoms with Crippen LogP contribution in [0.15, 0.2) is 42.5 Å². The van der Waals surface area contributed by atoms with Crippen molar-refractivity contribution in [1.29, 1.82) is 0 Å². The number of anilines is 3. The number of primary amides is 1. The highest BCUT2D eigenvalue weighted by Gasteiger charge is 2.27. The zero-order valence-corrected chi connectivity index (χ0v) is 23.0. The number of nitrogens with zero attached hydrogens (tertiary/aromatic N) is 2. The summed E-state index contributed by atoms with van der Waals surface area (Å²) in [6.45, 7) is 6.77. The molecule has 2 heterocycles. The molecule has 11 nitrogen and oxygen atoms in total. The average molecular weight is 559 g/mol. The number of nitrogens with two attached hydrogens (primary N) is 1. The maximum atomic E-state index is 15.3. The predicted octanol–water partition coefficient (Wildman–Crippen LogP) is 4.68. The molecule has 0 aliphatic heterocycles. The Labute approximate surface area is 230 Å². The van der Waals surface area contributed by atoms with E-state index < -0.39 is 41.3 Å². The Morgan fingerprint density at radius 1 is 0.975 bits per heavy atom. The van der Waals surface area contributed by atoms with Gasteiger partial charge in [0, 0.05) is 12.1 Å². The summed E-state index contributed by atoms with van der Waals surface area (Å²) in [5, 5.41) is 8.51. The van der Waals surface area contributed by atoms with Gasteiger partial charge >= 0.3 is 6.09 Å². The van der Waals surface area contributed by atoms with Crippen molar-refractivity contribution in [2.45, 2.75) is 45.4 Å². The Kier molecular flexibility index (Phi) is 9.30. The smallest absolute Gasteiger partial charge is 0.407 e. The van der Waals surface area contributed by atoms with Gasteiger partial charge in [-0.2, -0.15) is 4.98 Å². The van der Waals surface area contributed by atoms with Crippen LogP contribution in [0, 0.1) is 11.6 Å². The van der Waals surface area contributed by atoms with Crippen LogP contribution in [0.25, 0.3) is 0 Å². The van der Waals surface area contributed by atoms with Crippen LogP contribution in [-0.2, 0) is 4.74 Å². The quantitative estimate of drug-likeness (QED) is 0.278. The summed E-state index contributed by atoms with van der Waals surface area (Å²) in [6, 6.07) is 7.92. The molecule has 0 aliphatic carbocycles. The fourth-order valence-electron chi connectivity index (χ4n) is 3.69. The third kappa shape index (κ3) is 7.91. The highest BCUT2D eigenvalue weighted by Crippen LogP contribution is 2.30. The van der Waals surface area contributed by atoms with E-state index in [2.05, 4.69) is 25.9 Å². The number of nitrogens with one attached hydrogen (secondary N) is 3. The maximum Gasteiger partial charge on any atom is 0.407 e. The number of carbonyl (C=O) groups excluding carboxylic acids is 2. The lowest BCUT2D eigenvalue weighted by Crippen LogP contribution is -2.42. The van der Waals surface area contributed by atoms with Crippen LogP contribution >= 0.6 is 0 Å². The number of methoxy groups -OCH3 is 2. The van der Waals surface area contributed by atoms with Crippen molar-refractivity contribution in [3.63, 3.8) is 0 Å². The Morgan fingerprint density at radius 2 is 1.62 bits per heavy atom. The van der Waals surface area contributed by atoms with Gasteiger partial charge in [0.05, 0.1) is 37.6 Å². The number of halogens is 2. The van der Waals surface area contributed by atoms with Gasteiger partial charge in [-0.1, -0.05) is 12.1 Å². The van der Waals surface area contributed by atoms with Gasteiger partial charge < -0.3 is 35.9 Å². The fraction of sp³-hybridized carbons (Fsp3) is 0.333. The van der Waals surface area contributed by atoms with Gasteiger partial charge in [-0.05, 0) is 51.5 Å². The normalized spacial score (nSPS) is 12.6. The number of ether oxygens (including phenoxy) is 3. The van der Waals surface area contributed by atoms with Gasteiger partial charge in [0.2, 0.25) is 11.8 Å². The number of alkyl carbamates (subject to hydrolysis) is 1. The largest absolute Gasteiger partial charge is 0.481 e. The zero-order chi connectivity index (χ0) is 29.6. The monoisotopic (exact) mass is 558 g/mol. The molecule has 0 saturated carbocycles. The first kappa shape index (κ1) is 29.9. The fourth-order valence-corrected chi connectivity index (χ4v) is 3.69. The van der Waals surface area contributed by atoms with Crippen LogP contribution in [0.5, 0.6) is 11.8 Å². The molecule has 3 rings (SSSR count). The van der Waals surface area contributed by atoms with Crippen molar-refractivity contribution in [1.82, 2.24) is 15.3 Å². The number of amides is 2. The predicted molar refractivity (Wildman–Crippen MR) is 145 cm³/mol. The van der Waals surface area contributed by atoms with Gasteiger partial charge in [0.1, 0.15) is 17.2 Å². The molecule has 214 valence electrons. The highest BCUT2D eigenvalue weighted by atomic mass is 19.1. The van der Waals surface area contributed by atoms with Crippen molar-refractivity contribution >= 4 is 29.3 Å². The Balaban J connectivity index is 2.02. The standard InChI is InChI=1S/C27H32F2N6O5/c1-14(31-26(37)40-27(2,3)4)22(15-8-7-9-16(28)10-15)34-25-19(29)13-18(23(30)36)24(35-25)32-17-11-20(38-5)33-21(12-17)39-6/h7-14,22H,1-6H3,(H2,30,36)(H,31,37)(H2,32,33,34,35)/t14-,22-/m0/s1. The Bertz CT molecular complexity index is 1360. The summed E-state index contributed by atoms with van der Waals surface area (Å²) < 4.78 is 45.1. The maximum absolute atomic E-state index is 15.3. The third-order valence-corrected chi connectivity index (χ3v) is 5.45. The van der Waals surface area contributed by atoms with Crippen molar-refractivity contribution in [3.05, 3.63) is 65.2 Å². The first-order chi connectivity index (χ1) is 18.8. The molecule has 0 fully saturated rings. The Morgan fingerprint density at radius 3 is 2.17 bits per heavy atom. The number of hydrogen-bond acceptors (Lipinski definition) is 9. The Hall–Kier alpha value is -4.68. The molecule has 2 aromatic heterocycles. The van der Waals surface area contributed by atoms with E-state index in [1.807, 2.05) is 0 Å². The molecule has 0 aliphatic rings. The van der Waals surface area contributed by atoms with Crippen LogP contribution in [0.1, 0.15) is 49.7 Å². The van der Waals surface area contributed by atoms with Crippen LogP contribution in [0.4, 0.5) is 30.9 Å². The van der Waals surface area contributed by atoms with Crippen LogP contribution in [0.3, 0.4) is 0 Å². The summed E-state index contributed by atoms with van der Waals surface area (Å²) in [7, 11) is 2.83. The molecule has 0 saturated heterocycles. The molecule has 40 heavy (non-hydrogen) atoms. The lowest BCUT2D eigenvalue weighted by molar-refractivity contribution is 0.0503. The van der Waals surface area contributed by atoms with Crippen LogP contribution in [0.2, 0.25) is 0 Å². The van der Waals surface area contributed by atoms with Gasteiger partial charge in [-0.3, -0.25) is 4.79 Å². The molecule has 2 atom stereocenters. The van der Waals surface area contributed by atoms with E-state index in [0.29, 0.717) is 11.3 Å². The van der Waals surface area contributed by atoms with Crippen LogP contribution in [-0.4, -0.2) is 47.8 Å². The summed E-state index contributed by atoms with van der Waals surface area (Å²) in [5.74, 6) is -2.35. The minimum absolute atomic E-state index is 0.0857. The molecule has 0 unspecified atom stereocenters. The molecule has 2 amide bonds. The first-order valence-electron chi connectivity index (χ1n) is 12.2. The molecular formula is C27H32F2N6O5. The molecule has 5 N–H and O–H groups in total. The number of pyridine rings is 2. The van der Waals surface area contributed by atoms with Crippen molar-refractivity contribution in [2.24, 2.45) is 5.73 Å². The molecule has 3 aromatic rings. The van der Waals surface area contributed by atoms with Crippen molar-refractivity contribution < 1.29 is 32.6 Å². The molecule has 1 aromatic carbocycles. The second-order valence-corrected chi connectivity index (χ2v) is 9.76. The van der Waals surface area contributed by atoms with E-state index >= 15 is 4.39 Å². The molecular weight excluding hydrogens is 526 g/mol. The molecule has 0 spiro atoms. The second-order valence-electron chi connectivity index (χ2n) is 9.76. The summed E-state index contributed by atoms with van der Waals surface area (Å²) in [6.07, 6.45) is -0.719. The number of benzene rings is 1. The molecule has 0 radical (unpaired) electrons. The van der Waals surface area contributed by atoms with E-state index in [9.17, 15) is 14.0 Å². The van der Waals surface area contributed by atoms with E-state index in [4.69, 9.17) is 19.9 Å². The number of rotatable bonds is 10. The van der Waals surface area contributed by atoms with E-state index in [1.54, 1.807) is 33.8 Å². The van der Waals surface area contributed by atoms with Crippen molar-refractivity contribution in [2.75, 3.05) is 24.9 Å². The third-order valence-electron chi connectivity index (χ3n) is 5.45. The minimum atomic E-state index is -0.935. The lowest BCUT2D eigenvalue weighted by Gasteiger charge is -2.29. The number of aromatic nitrogens is 2. The van der Waals surface area contributed by atoms with E-state index in [1.165, 1.54) is 44.6 Å². The molecule has 13 heteroatoms. The topological polar surface area (TPSA) is 150 Å². The van der Waals surface area contributed by atoms with Gasteiger partial charge in [-0.25, -0.2) is 18.6 Å². The second kappa shape index (κ2) is 12.5. The van der Waals surface area contributed by atoms with Crippen molar-refractivity contribution in [3.8, 4) is 11.8 Å². The number of hydrogen-bond donors (Lipinski definition) is 4. The number of carbonyl (C=O) groups is 2. The summed E-state index contributed by atoms with van der Waals surface area (Å²) in [5.41, 5.74) is 5.24. The zero-order valence-electron chi connectivity index (χ0n) is 23.0. The van der Waals surface area contributed by atoms with Gasteiger partial charge in [-0.15, -0.1) is 0 Å². The van der Waals surface area contributed by atoms with E-state index in [-0.39, 0.29) is 29.0 Å². The lowest BCUT2D eigenvalue weighted by atomic mass is 10.00. The minimum Gasteiger partial charge on any atom is -0.481 e. The summed E-state index contributed by atoms with van der Waals surface area (Å²) in [4.78, 5) is 33.0. The SMILES string of the molecule is COc1cc(Nc2nc(N[C@H](c3cccc(F)c3)[C@H](C)NC(=O)OC(C)(C)C)c(F)cc2C(N)=O)cc(OC)n1. The van der Waals surface area contributed by atoms with Gasteiger partial charge in [0.25, 0.3) is 5.91 Å². The van der Waals surface area contributed by atoms with Gasteiger partial charge in [0.15, 0.2) is 11.6 Å². The molecule has 0 bridgehead atoms. The summed E-state index contributed by atoms with van der Waals surface area (Å²) >= 11 is 0.